The number of phenolic OH excluding ortho intramolecular Hbond substituents is 1. The summed E-state index contributed by atoms with van der Waals surface area (Å²) in [7, 11) is 1.52. The van der Waals surface area contributed by atoms with Crippen molar-refractivity contribution in [2.45, 2.75) is 13.8 Å². The minimum absolute atomic E-state index is 0.0630. The largest absolute Gasteiger partial charge is 0.507 e. The molecular weight excluding hydrogens is 220 g/mol. The summed E-state index contributed by atoms with van der Waals surface area (Å²) in [5, 5.41) is 9.71. The number of ether oxygens (including phenoxy) is 2. The first kappa shape index (κ1) is 13.1. The molecule has 0 heterocycles. The van der Waals surface area contributed by atoms with Crippen LogP contribution in [-0.4, -0.2) is 24.8 Å². The molecular formula is C13H16O4. The molecule has 0 fully saturated rings. The second-order valence-electron chi connectivity index (χ2n) is 3.47. The van der Waals surface area contributed by atoms with Crippen molar-refractivity contribution in [1.82, 2.24) is 0 Å². The first-order valence-electron chi connectivity index (χ1n) is 5.31. The minimum Gasteiger partial charge on any atom is -0.507 e. The van der Waals surface area contributed by atoms with Gasteiger partial charge in [-0.2, -0.15) is 0 Å². The number of hydrogen-bond acceptors (Lipinski definition) is 4. The number of carbonyl (C=O) groups excluding carboxylic acids is 1. The van der Waals surface area contributed by atoms with E-state index < -0.39 is 0 Å². The number of benzene rings is 1. The van der Waals surface area contributed by atoms with E-state index in [1.807, 2.05) is 0 Å². The lowest BCUT2D eigenvalue weighted by atomic mass is 10.1. The summed E-state index contributed by atoms with van der Waals surface area (Å²) < 4.78 is 9.82. The summed E-state index contributed by atoms with van der Waals surface area (Å²) >= 11 is 0. The lowest BCUT2D eigenvalue weighted by Crippen LogP contribution is -2.04. The summed E-state index contributed by atoms with van der Waals surface area (Å²) in [5.74, 6) is 0.240. The number of carbonyl (C=O) groups is 1. The van der Waals surface area contributed by atoms with Gasteiger partial charge in [0.1, 0.15) is 11.5 Å². The molecule has 0 saturated heterocycles. The van der Waals surface area contributed by atoms with Gasteiger partial charge in [0.25, 0.3) is 0 Å². The molecule has 4 nitrogen and oxygen atoms in total. The Morgan fingerprint density at radius 1 is 1.47 bits per heavy atom. The van der Waals surface area contributed by atoms with Crippen molar-refractivity contribution < 1.29 is 19.4 Å². The zero-order chi connectivity index (χ0) is 12.8. The zero-order valence-electron chi connectivity index (χ0n) is 10.2. The SMILES string of the molecule is CCOC(=O)/C(C)=C/c1ccc(OC)cc1O. The maximum atomic E-state index is 11.4. The van der Waals surface area contributed by atoms with Crippen LogP contribution in [-0.2, 0) is 9.53 Å². The average molecular weight is 236 g/mol. The molecule has 0 bridgehead atoms. The fourth-order valence-electron chi connectivity index (χ4n) is 1.31. The lowest BCUT2D eigenvalue weighted by molar-refractivity contribution is -0.138. The van der Waals surface area contributed by atoms with E-state index in [0.29, 0.717) is 23.5 Å². The van der Waals surface area contributed by atoms with Crippen LogP contribution in [0.2, 0.25) is 0 Å². The van der Waals surface area contributed by atoms with E-state index in [1.165, 1.54) is 13.2 Å². The quantitative estimate of drug-likeness (QED) is 0.644. The van der Waals surface area contributed by atoms with Crippen molar-refractivity contribution in [3.8, 4) is 11.5 Å². The van der Waals surface area contributed by atoms with E-state index in [4.69, 9.17) is 9.47 Å². The van der Waals surface area contributed by atoms with Crippen LogP contribution in [0.15, 0.2) is 23.8 Å². The monoisotopic (exact) mass is 236 g/mol. The Morgan fingerprint density at radius 3 is 2.71 bits per heavy atom. The highest BCUT2D eigenvalue weighted by molar-refractivity contribution is 5.93. The molecule has 17 heavy (non-hydrogen) atoms. The zero-order valence-corrected chi connectivity index (χ0v) is 10.2. The third-order valence-corrected chi connectivity index (χ3v) is 2.21. The van der Waals surface area contributed by atoms with Crippen molar-refractivity contribution in [3.05, 3.63) is 29.3 Å². The topological polar surface area (TPSA) is 55.8 Å². The highest BCUT2D eigenvalue weighted by Crippen LogP contribution is 2.25. The molecule has 4 heteroatoms. The summed E-state index contributed by atoms with van der Waals surface area (Å²) in [6.07, 6.45) is 1.58. The van der Waals surface area contributed by atoms with Gasteiger partial charge in [-0.05, 0) is 32.1 Å². The van der Waals surface area contributed by atoms with E-state index in [9.17, 15) is 9.90 Å². The van der Waals surface area contributed by atoms with Gasteiger partial charge in [0.05, 0.1) is 13.7 Å². The molecule has 1 aromatic rings. The summed E-state index contributed by atoms with van der Waals surface area (Å²) in [6, 6.07) is 4.88. The Balaban J connectivity index is 2.94. The third kappa shape index (κ3) is 3.52. The number of phenols is 1. The molecule has 0 saturated carbocycles. The van der Waals surface area contributed by atoms with Gasteiger partial charge in [-0.1, -0.05) is 0 Å². The van der Waals surface area contributed by atoms with Gasteiger partial charge in [-0.3, -0.25) is 0 Å². The van der Waals surface area contributed by atoms with Gasteiger partial charge < -0.3 is 14.6 Å². The average Bonchev–Trinajstić information content (AvgIpc) is 2.31. The molecule has 0 aliphatic rings. The Labute approximate surface area is 100 Å². The molecule has 1 N–H and O–H groups in total. The number of esters is 1. The number of hydrogen-bond donors (Lipinski definition) is 1. The van der Waals surface area contributed by atoms with E-state index >= 15 is 0 Å². The van der Waals surface area contributed by atoms with Crippen LogP contribution in [0, 0.1) is 0 Å². The molecule has 0 spiro atoms. The third-order valence-electron chi connectivity index (χ3n) is 2.21. The maximum Gasteiger partial charge on any atom is 0.333 e. The summed E-state index contributed by atoms with van der Waals surface area (Å²) in [4.78, 5) is 11.4. The van der Waals surface area contributed by atoms with Gasteiger partial charge in [0.2, 0.25) is 0 Å². The van der Waals surface area contributed by atoms with Crippen molar-refractivity contribution in [2.75, 3.05) is 13.7 Å². The summed E-state index contributed by atoms with van der Waals surface area (Å²) in [5.41, 5.74) is 0.990. The minimum atomic E-state index is -0.386. The van der Waals surface area contributed by atoms with Crippen LogP contribution >= 0.6 is 0 Å². The Bertz CT molecular complexity index is 435. The van der Waals surface area contributed by atoms with E-state index in [0.717, 1.165) is 0 Å². The van der Waals surface area contributed by atoms with E-state index in [2.05, 4.69) is 0 Å². The molecule has 0 unspecified atom stereocenters. The van der Waals surface area contributed by atoms with Crippen molar-refractivity contribution in [2.24, 2.45) is 0 Å². The Kier molecular flexibility index (Phi) is 4.57. The molecule has 0 aliphatic carbocycles. The molecule has 1 rings (SSSR count). The van der Waals surface area contributed by atoms with Crippen LogP contribution in [0.25, 0.3) is 6.08 Å². The van der Waals surface area contributed by atoms with Crippen molar-refractivity contribution in [3.63, 3.8) is 0 Å². The molecule has 0 aromatic heterocycles. The predicted octanol–water partition coefficient (Wildman–Crippen LogP) is 2.37. The molecule has 0 atom stereocenters. The number of methoxy groups -OCH3 is 1. The first-order valence-corrected chi connectivity index (χ1v) is 5.31. The van der Waals surface area contributed by atoms with Crippen LogP contribution in [0.5, 0.6) is 11.5 Å². The fourth-order valence-corrected chi connectivity index (χ4v) is 1.31. The second kappa shape index (κ2) is 5.94. The standard InChI is InChI=1S/C13H16O4/c1-4-17-13(15)9(2)7-10-5-6-11(16-3)8-12(10)14/h5-8,14H,4H2,1-3H3/b9-7+. The number of aromatic hydroxyl groups is 1. The summed E-state index contributed by atoms with van der Waals surface area (Å²) in [6.45, 7) is 3.72. The normalized spacial score (nSPS) is 11.1. The van der Waals surface area contributed by atoms with E-state index in [1.54, 1.807) is 32.1 Å². The van der Waals surface area contributed by atoms with Crippen LogP contribution < -0.4 is 4.74 Å². The smallest absolute Gasteiger partial charge is 0.333 e. The van der Waals surface area contributed by atoms with Crippen molar-refractivity contribution >= 4 is 12.0 Å². The van der Waals surface area contributed by atoms with Gasteiger partial charge in [0, 0.05) is 17.2 Å². The Morgan fingerprint density at radius 2 is 2.18 bits per heavy atom. The maximum absolute atomic E-state index is 11.4. The van der Waals surface area contributed by atoms with Crippen LogP contribution in [0.1, 0.15) is 19.4 Å². The van der Waals surface area contributed by atoms with Gasteiger partial charge in [-0.15, -0.1) is 0 Å². The molecule has 92 valence electrons. The molecule has 0 aliphatic heterocycles. The van der Waals surface area contributed by atoms with E-state index in [-0.39, 0.29) is 11.7 Å². The van der Waals surface area contributed by atoms with Crippen molar-refractivity contribution in [1.29, 1.82) is 0 Å². The van der Waals surface area contributed by atoms with Gasteiger partial charge >= 0.3 is 5.97 Å². The number of rotatable bonds is 4. The van der Waals surface area contributed by atoms with Gasteiger partial charge in [-0.25, -0.2) is 4.79 Å². The second-order valence-corrected chi connectivity index (χ2v) is 3.47. The molecule has 0 radical (unpaired) electrons. The fraction of sp³-hybridized carbons (Fsp3) is 0.308. The highest BCUT2D eigenvalue weighted by atomic mass is 16.5. The van der Waals surface area contributed by atoms with Crippen LogP contribution in [0.3, 0.4) is 0 Å². The predicted molar refractivity (Wildman–Crippen MR) is 64.9 cm³/mol. The first-order chi connectivity index (χ1) is 8.08. The van der Waals surface area contributed by atoms with Gasteiger partial charge in [0.15, 0.2) is 0 Å². The molecule has 1 aromatic carbocycles. The lowest BCUT2D eigenvalue weighted by Gasteiger charge is -2.05. The molecule has 0 amide bonds. The van der Waals surface area contributed by atoms with Crippen LogP contribution in [0.4, 0.5) is 0 Å². The Hall–Kier alpha value is -1.97. The highest BCUT2D eigenvalue weighted by Gasteiger charge is 2.07.